The Bertz CT molecular complexity index is 535. The van der Waals surface area contributed by atoms with Gasteiger partial charge in [-0.1, -0.05) is 23.7 Å². The Balaban J connectivity index is 2.35. The van der Waals surface area contributed by atoms with Crippen molar-refractivity contribution in [2.24, 2.45) is 0 Å². The van der Waals surface area contributed by atoms with E-state index in [4.69, 9.17) is 17.3 Å². The second-order valence-corrected chi connectivity index (χ2v) is 5.36. The molecule has 0 aromatic heterocycles. The van der Waals surface area contributed by atoms with Crippen molar-refractivity contribution in [2.75, 3.05) is 11.1 Å². The van der Waals surface area contributed by atoms with Gasteiger partial charge in [-0.2, -0.15) is 0 Å². The molecule has 0 bridgehead atoms. The molecule has 2 aromatic rings. The molecule has 0 heterocycles. The molecular formula is C13H12ClIN2. The largest absolute Gasteiger partial charge is 0.397 e. The third-order valence-electron chi connectivity index (χ3n) is 2.49. The average Bonchev–Trinajstić information content (AvgIpc) is 2.28. The number of para-hydroxylation sites is 1. The minimum absolute atomic E-state index is 0.626. The molecule has 0 aliphatic rings. The van der Waals surface area contributed by atoms with Crippen molar-refractivity contribution >= 4 is 51.3 Å². The fourth-order valence-corrected chi connectivity index (χ4v) is 2.23. The number of hydrogen-bond donors (Lipinski definition) is 2. The summed E-state index contributed by atoms with van der Waals surface area (Å²) in [6.07, 6.45) is 0. The summed E-state index contributed by atoms with van der Waals surface area (Å²) in [7, 11) is 0. The van der Waals surface area contributed by atoms with Crippen LogP contribution in [0.1, 0.15) is 5.56 Å². The summed E-state index contributed by atoms with van der Waals surface area (Å²) in [4.78, 5) is 0. The number of nitrogen functional groups attached to an aromatic ring is 1. The maximum absolute atomic E-state index is 6.11. The summed E-state index contributed by atoms with van der Waals surface area (Å²) in [5, 5.41) is 3.87. The van der Waals surface area contributed by atoms with Gasteiger partial charge in [0, 0.05) is 9.26 Å². The fraction of sp³-hybridized carbons (Fsp3) is 0.0769. The van der Waals surface area contributed by atoms with Crippen LogP contribution in [-0.4, -0.2) is 0 Å². The van der Waals surface area contributed by atoms with Crippen molar-refractivity contribution in [1.29, 1.82) is 0 Å². The summed E-state index contributed by atoms with van der Waals surface area (Å²) >= 11 is 8.41. The van der Waals surface area contributed by atoms with E-state index in [0.29, 0.717) is 10.7 Å². The lowest BCUT2D eigenvalue weighted by Gasteiger charge is -2.12. The highest BCUT2D eigenvalue weighted by atomic mass is 127. The molecule has 0 aliphatic carbocycles. The quantitative estimate of drug-likeness (QED) is 0.609. The SMILES string of the molecule is Cc1ccc(Nc2c(N)cccc2Cl)cc1I. The Morgan fingerprint density at radius 2 is 2.00 bits per heavy atom. The van der Waals surface area contributed by atoms with Gasteiger partial charge in [-0.05, 0) is 59.3 Å². The molecule has 0 atom stereocenters. The molecule has 0 unspecified atom stereocenters. The minimum Gasteiger partial charge on any atom is -0.397 e. The van der Waals surface area contributed by atoms with Gasteiger partial charge in [-0.3, -0.25) is 0 Å². The van der Waals surface area contributed by atoms with Crippen LogP contribution in [0, 0.1) is 10.5 Å². The first-order valence-electron chi connectivity index (χ1n) is 5.15. The van der Waals surface area contributed by atoms with E-state index in [1.807, 2.05) is 24.3 Å². The number of nitrogens with two attached hydrogens (primary N) is 1. The van der Waals surface area contributed by atoms with Crippen LogP contribution in [0.5, 0.6) is 0 Å². The van der Waals surface area contributed by atoms with Crippen molar-refractivity contribution < 1.29 is 0 Å². The highest BCUT2D eigenvalue weighted by Crippen LogP contribution is 2.31. The number of halogens is 2. The lowest BCUT2D eigenvalue weighted by Crippen LogP contribution is -1.97. The van der Waals surface area contributed by atoms with Crippen LogP contribution in [0.4, 0.5) is 17.1 Å². The molecule has 0 aliphatic heterocycles. The Morgan fingerprint density at radius 3 is 2.65 bits per heavy atom. The number of anilines is 3. The van der Waals surface area contributed by atoms with E-state index in [0.717, 1.165) is 11.4 Å². The highest BCUT2D eigenvalue weighted by molar-refractivity contribution is 14.1. The first kappa shape index (κ1) is 12.5. The molecule has 0 fully saturated rings. The number of benzene rings is 2. The smallest absolute Gasteiger partial charge is 0.0807 e. The molecule has 17 heavy (non-hydrogen) atoms. The first-order chi connectivity index (χ1) is 8.08. The first-order valence-corrected chi connectivity index (χ1v) is 6.61. The second kappa shape index (κ2) is 5.14. The van der Waals surface area contributed by atoms with Gasteiger partial charge in [0.25, 0.3) is 0 Å². The van der Waals surface area contributed by atoms with Crippen molar-refractivity contribution in [1.82, 2.24) is 0 Å². The summed E-state index contributed by atoms with van der Waals surface area (Å²) < 4.78 is 1.21. The molecule has 88 valence electrons. The van der Waals surface area contributed by atoms with Gasteiger partial charge in [0.15, 0.2) is 0 Å². The minimum atomic E-state index is 0.626. The maximum atomic E-state index is 6.11. The highest BCUT2D eigenvalue weighted by Gasteiger charge is 2.05. The van der Waals surface area contributed by atoms with Crippen LogP contribution in [0.25, 0.3) is 0 Å². The predicted molar refractivity (Wildman–Crippen MR) is 83.0 cm³/mol. The van der Waals surface area contributed by atoms with E-state index in [2.05, 4.69) is 47.0 Å². The lowest BCUT2D eigenvalue weighted by molar-refractivity contribution is 1.41. The van der Waals surface area contributed by atoms with E-state index in [1.54, 1.807) is 0 Å². The van der Waals surface area contributed by atoms with E-state index < -0.39 is 0 Å². The van der Waals surface area contributed by atoms with Gasteiger partial charge in [0.2, 0.25) is 0 Å². The van der Waals surface area contributed by atoms with Crippen LogP contribution < -0.4 is 11.1 Å². The molecule has 2 rings (SSSR count). The molecule has 4 heteroatoms. The lowest BCUT2D eigenvalue weighted by atomic mass is 10.2. The zero-order chi connectivity index (χ0) is 12.4. The van der Waals surface area contributed by atoms with Crippen LogP contribution in [0.2, 0.25) is 5.02 Å². The van der Waals surface area contributed by atoms with Gasteiger partial charge in [0.05, 0.1) is 16.4 Å². The van der Waals surface area contributed by atoms with E-state index >= 15 is 0 Å². The zero-order valence-corrected chi connectivity index (χ0v) is 12.2. The maximum Gasteiger partial charge on any atom is 0.0807 e. The van der Waals surface area contributed by atoms with E-state index in [1.165, 1.54) is 9.13 Å². The molecular weight excluding hydrogens is 347 g/mol. The third-order valence-corrected chi connectivity index (χ3v) is 3.96. The average molecular weight is 359 g/mol. The summed E-state index contributed by atoms with van der Waals surface area (Å²) in [6.45, 7) is 2.08. The van der Waals surface area contributed by atoms with Crippen LogP contribution in [0.15, 0.2) is 36.4 Å². The number of nitrogens with one attached hydrogen (secondary N) is 1. The topological polar surface area (TPSA) is 38.0 Å². The van der Waals surface area contributed by atoms with E-state index in [9.17, 15) is 0 Å². The van der Waals surface area contributed by atoms with Gasteiger partial charge < -0.3 is 11.1 Å². The molecule has 0 radical (unpaired) electrons. The van der Waals surface area contributed by atoms with Crippen LogP contribution in [0.3, 0.4) is 0 Å². The zero-order valence-electron chi connectivity index (χ0n) is 9.30. The van der Waals surface area contributed by atoms with Crippen molar-refractivity contribution in [3.05, 3.63) is 50.6 Å². The number of aryl methyl sites for hydroxylation is 1. The molecule has 0 saturated carbocycles. The summed E-state index contributed by atoms with van der Waals surface area (Å²) in [5.41, 5.74) is 9.53. The second-order valence-electron chi connectivity index (χ2n) is 3.79. The van der Waals surface area contributed by atoms with Gasteiger partial charge in [0.1, 0.15) is 0 Å². The fourth-order valence-electron chi connectivity index (χ4n) is 1.49. The molecule has 3 N–H and O–H groups in total. The van der Waals surface area contributed by atoms with Crippen LogP contribution >= 0.6 is 34.2 Å². The Kier molecular flexibility index (Phi) is 3.79. The summed E-state index contributed by atoms with van der Waals surface area (Å²) in [6, 6.07) is 11.6. The Hall–Kier alpha value is -0.940. The van der Waals surface area contributed by atoms with Crippen LogP contribution in [-0.2, 0) is 0 Å². The van der Waals surface area contributed by atoms with Crippen molar-refractivity contribution in [2.45, 2.75) is 6.92 Å². The normalized spacial score (nSPS) is 10.3. The monoisotopic (exact) mass is 358 g/mol. The third kappa shape index (κ3) is 2.84. The summed E-state index contributed by atoms with van der Waals surface area (Å²) in [5.74, 6) is 0. The van der Waals surface area contributed by atoms with Gasteiger partial charge in [-0.15, -0.1) is 0 Å². The number of rotatable bonds is 2. The molecule has 0 spiro atoms. The molecule has 0 saturated heterocycles. The Labute approximate surface area is 119 Å². The standard InChI is InChI=1S/C13H12ClIN2/c1-8-5-6-9(7-11(8)15)17-13-10(14)3-2-4-12(13)16/h2-7,17H,16H2,1H3. The van der Waals surface area contributed by atoms with Gasteiger partial charge >= 0.3 is 0 Å². The number of hydrogen-bond acceptors (Lipinski definition) is 2. The molecule has 2 nitrogen and oxygen atoms in total. The Morgan fingerprint density at radius 1 is 1.24 bits per heavy atom. The van der Waals surface area contributed by atoms with Crippen molar-refractivity contribution in [3.63, 3.8) is 0 Å². The molecule has 0 amide bonds. The van der Waals surface area contributed by atoms with E-state index in [-0.39, 0.29) is 0 Å². The van der Waals surface area contributed by atoms with Crippen molar-refractivity contribution in [3.8, 4) is 0 Å². The van der Waals surface area contributed by atoms with Gasteiger partial charge in [-0.25, -0.2) is 0 Å². The molecule has 2 aromatic carbocycles. The predicted octanol–water partition coefficient (Wildman–Crippen LogP) is 4.58.